The van der Waals surface area contributed by atoms with Crippen LogP contribution < -0.4 is 0 Å². The first-order valence-corrected chi connectivity index (χ1v) is 3.57. The number of nitrogens with zero attached hydrogens (tertiary/aromatic N) is 1. The third kappa shape index (κ3) is 6.01. The molecule has 0 heterocycles. The van der Waals surface area contributed by atoms with Crippen molar-refractivity contribution in [2.24, 2.45) is 0 Å². The van der Waals surface area contributed by atoms with Gasteiger partial charge in [0.1, 0.15) is 0 Å². The summed E-state index contributed by atoms with van der Waals surface area (Å²) in [6.07, 6.45) is -0.632. The second-order valence-electron chi connectivity index (χ2n) is 2.92. The molecule has 0 saturated heterocycles. The van der Waals surface area contributed by atoms with E-state index in [2.05, 4.69) is 0 Å². The predicted octanol–water partition coefficient (Wildman–Crippen LogP) is -0.320. The number of aliphatic hydroxyl groups is 2. The van der Waals surface area contributed by atoms with Crippen LogP contribution in [0.2, 0.25) is 0 Å². The molecule has 0 rings (SSSR count). The molecule has 0 fully saturated rings. The summed E-state index contributed by atoms with van der Waals surface area (Å²) in [4.78, 5) is 1.90. The van der Waals surface area contributed by atoms with Crippen LogP contribution in [0.4, 0.5) is 0 Å². The molecule has 62 valence electrons. The molecule has 0 amide bonds. The van der Waals surface area contributed by atoms with E-state index in [1.54, 1.807) is 13.8 Å². The Bertz CT molecular complexity index is 73.7. The van der Waals surface area contributed by atoms with E-state index in [0.717, 1.165) is 0 Å². The maximum atomic E-state index is 8.91. The number of hydrogen-bond acceptors (Lipinski definition) is 3. The van der Waals surface area contributed by atoms with E-state index in [-0.39, 0.29) is 12.2 Å². The average Bonchev–Trinajstić information content (AvgIpc) is 1.58. The lowest BCUT2D eigenvalue weighted by molar-refractivity contribution is 0.0990. The minimum Gasteiger partial charge on any atom is -0.392 e. The van der Waals surface area contributed by atoms with Gasteiger partial charge in [-0.25, -0.2) is 0 Å². The molecule has 3 nitrogen and oxygen atoms in total. The standard InChI is InChI=1S/C7H17NO2/c1-6(9)4-8(3)5-7(2)10/h6-7,9-10H,4-5H2,1-3H3/t6-,7?/m0/s1. The van der Waals surface area contributed by atoms with Crippen molar-refractivity contribution in [1.29, 1.82) is 0 Å². The fourth-order valence-corrected chi connectivity index (χ4v) is 0.977. The van der Waals surface area contributed by atoms with E-state index in [1.807, 2.05) is 11.9 Å². The van der Waals surface area contributed by atoms with Crippen molar-refractivity contribution in [3.8, 4) is 0 Å². The molecule has 2 N–H and O–H groups in total. The molecule has 0 aromatic rings. The zero-order chi connectivity index (χ0) is 8.15. The van der Waals surface area contributed by atoms with Gasteiger partial charge in [0.05, 0.1) is 12.2 Å². The van der Waals surface area contributed by atoms with Crippen molar-refractivity contribution in [3.05, 3.63) is 0 Å². The highest BCUT2D eigenvalue weighted by Gasteiger charge is 2.04. The molecule has 0 aliphatic carbocycles. The van der Waals surface area contributed by atoms with Gasteiger partial charge in [-0.3, -0.25) is 0 Å². The lowest BCUT2D eigenvalue weighted by Crippen LogP contribution is -2.32. The third-order valence-electron chi connectivity index (χ3n) is 1.15. The van der Waals surface area contributed by atoms with Crippen molar-refractivity contribution in [2.75, 3.05) is 20.1 Å². The second kappa shape index (κ2) is 4.66. The van der Waals surface area contributed by atoms with Gasteiger partial charge in [0.15, 0.2) is 0 Å². The Kier molecular flexibility index (Phi) is 4.60. The molecule has 0 aromatic carbocycles. The molecule has 10 heavy (non-hydrogen) atoms. The molecule has 1 unspecified atom stereocenters. The SMILES string of the molecule is CC(O)CN(C)C[C@H](C)O. The highest BCUT2D eigenvalue weighted by atomic mass is 16.3. The number of aliphatic hydroxyl groups excluding tert-OH is 2. The van der Waals surface area contributed by atoms with Crippen molar-refractivity contribution in [3.63, 3.8) is 0 Å². The molecule has 0 bridgehead atoms. The predicted molar refractivity (Wildman–Crippen MR) is 40.9 cm³/mol. The van der Waals surface area contributed by atoms with E-state index in [1.165, 1.54) is 0 Å². The quantitative estimate of drug-likeness (QED) is 0.573. The van der Waals surface area contributed by atoms with Crippen LogP contribution in [0.15, 0.2) is 0 Å². The monoisotopic (exact) mass is 147 g/mol. The van der Waals surface area contributed by atoms with Gasteiger partial charge >= 0.3 is 0 Å². The normalized spacial score (nSPS) is 17.4. The smallest absolute Gasteiger partial charge is 0.0638 e. The minimum absolute atomic E-state index is 0.316. The fraction of sp³-hybridized carbons (Fsp3) is 1.00. The molecule has 3 heteroatoms. The van der Waals surface area contributed by atoms with Crippen molar-refractivity contribution < 1.29 is 10.2 Å². The first-order valence-electron chi connectivity index (χ1n) is 3.57. The molecule has 0 aliphatic heterocycles. The Morgan fingerprint density at radius 3 is 1.60 bits per heavy atom. The van der Waals surface area contributed by atoms with Crippen LogP contribution in [-0.2, 0) is 0 Å². The van der Waals surface area contributed by atoms with E-state index in [0.29, 0.717) is 13.1 Å². The Labute approximate surface area is 62.3 Å². The number of likely N-dealkylation sites (N-methyl/N-ethyl adjacent to an activating group) is 1. The van der Waals surface area contributed by atoms with Gasteiger partial charge in [-0.15, -0.1) is 0 Å². The highest BCUT2D eigenvalue weighted by Crippen LogP contribution is 1.90. The van der Waals surface area contributed by atoms with Crippen LogP contribution >= 0.6 is 0 Å². The van der Waals surface area contributed by atoms with Gasteiger partial charge in [-0.05, 0) is 20.9 Å². The Morgan fingerprint density at radius 2 is 1.40 bits per heavy atom. The maximum absolute atomic E-state index is 8.91. The van der Waals surface area contributed by atoms with Gasteiger partial charge in [-0.2, -0.15) is 0 Å². The summed E-state index contributed by atoms with van der Waals surface area (Å²) in [5.74, 6) is 0. The van der Waals surface area contributed by atoms with E-state index in [4.69, 9.17) is 10.2 Å². The maximum Gasteiger partial charge on any atom is 0.0638 e. The Morgan fingerprint density at radius 1 is 1.10 bits per heavy atom. The van der Waals surface area contributed by atoms with Crippen LogP contribution in [-0.4, -0.2) is 47.5 Å². The summed E-state index contributed by atoms with van der Waals surface area (Å²) in [5.41, 5.74) is 0. The van der Waals surface area contributed by atoms with Gasteiger partial charge in [-0.1, -0.05) is 0 Å². The third-order valence-corrected chi connectivity index (χ3v) is 1.15. The zero-order valence-electron chi connectivity index (χ0n) is 6.91. The van der Waals surface area contributed by atoms with Crippen LogP contribution in [0.5, 0.6) is 0 Å². The lowest BCUT2D eigenvalue weighted by Gasteiger charge is -2.19. The van der Waals surface area contributed by atoms with Crippen molar-refractivity contribution in [2.45, 2.75) is 26.1 Å². The topological polar surface area (TPSA) is 43.7 Å². The summed E-state index contributed by atoms with van der Waals surface area (Å²) in [5, 5.41) is 17.8. The van der Waals surface area contributed by atoms with Crippen LogP contribution in [0, 0.1) is 0 Å². The van der Waals surface area contributed by atoms with E-state index < -0.39 is 0 Å². The average molecular weight is 147 g/mol. The first-order chi connectivity index (χ1) is 4.52. The van der Waals surface area contributed by atoms with Crippen molar-refractivity contribution >= 4 is 0 Å². The number of rotatable bonds is 4. The van der Waals surface area contributed by atoms with E-state index in [9.17, 15) is 0 Å². The first kappa shape index (κ1) is 9.88. The summed E-state index contributed by atoms with van der Waals surface area (Å²) in [6.45, 7) is 4.70. The molecular formula is C7H17NO2. The van der Waals surface area contributed by atoms with Gasteiger partial charge in [0.25, 0.3) is 0 Å². The molecule has 0 aliphatic rings. The largest absolute Gasteiger partial charge is 0.392 e. The molecule has 0 aromatic heterocycles. The van der Waals surface area contributed by atoms with Crippen LogP contribution in [0.1, 0.15) is 13.8 Å². The van der Waals surface area contributed by atoms with Gasteiger partial charge in [0, 0.05) is 13.1 Å². The molecule has 2 atom stereocenters. The molecular weight excluding hydrogens is 130 g/mol. The van der Waals surface area contributed by atoms with Crippen LogP contribution in [0.3, 0.4) is 0 Å². The van der Waals surface area contributed by atoms with Crippen LogP contribution in [0.25, 0.3) is 0 Å². The summed E-state index contributed by atoms with van der Waals surface area (Å²) < 4.78 is 0. The molecule has 0 radical (unpaired) electrons. The van der Waals surface area contributed by atoms with Gasteiger partial charge in [0.2, 0.25) is 0 Å². The Balaban J connectivity index is 3.34. The minimum atomic E-state index is -0.316. The zero-order valence-corrected chi connectivity index (χ0v) is 6.91. The summed E-state index contributed by atoms with van der Waals surface area (Å²) in [7, 11) is 1.87. The molecule has 0 spiro atoms. The Hall–Kier alpha value is -0.120. The lowest BCUT2D eigenvalue weighted by atomic mass is 10.3. The van der Waals surface area contributed by atoms with E-state index >= 15 is 0 Å². The van der Waals surface area contributed by atoms with Crippen molar-refractivity contribution in [1.82, 2.24) is 4.90 Å². The molecule has 0 saturated carbocycles. The second-order valence-corrected chi connectivity index (χ2v) is 2.92. The van der Waals surface area contributed by atoms with Gasteiger partial charge < -0.3 is 15.1 Å². The summed E-state index contributed by atoms with van der Waals surface area (Å²) in [6, 6.07) is 0. The fourth-order valence-electron chi connectivity index (χ4n) is 0.977. The number of hydrogen-bond donors (Lipinski definition) is 2. The summed E-state index contributed by atoms with van der Waals surface area (Å²) >= 11 is 0. The highest BCUT2D eigenvalue weighted by molar-refractivity contribution is 4.58.